The molecule has 1 fully saturated rings. The van der Waals surface area contributed by atoms with E-state index in [1.54, 1.807) is 0 Å². The fourth-order valence-corrected chi connectivity index (χ4v) is 1.05. The van der Waals surface area contributed by atoms with Crippen molar-refractivity contribution in [2.45, 2.75) is 18.8 Å². The molecule has 0 amide bonds. The first-order valence-electron chi connectivity index (χ1n) is 2.85. The molecule has 1 aromatic heterocycles. The quantitative estimate of drug-likeness (QED) is 0.694. The summed E-state index contributed by atoms with van der Waals surface area (Å²) in [5.74, 6) is 1.40. The van der Waals surface area contributed by atoms with Crippen molar-refractivity contribution in [1.82, 2.24) is 10.1 Å². The van der Waals surface area contributed by atoms with Gasteiger partial charge < -0.3 is 4.52 Å². The van der Waals surface area contributed by atoms with E-state index in [1.165, 1.54) is 12.8 Å². The summed E-state index contributed by atoms with van der Waals surface area (Å²) < 4.78 is 5.64. The molecule has 0 aromatic carbocycles. The van der Waals surface area contributed by atoms with Crippen LogP contribution < -0.4 is 0 Å². The van der Waals surface area contributed by atoms with Crippen LogP contribution >= 0.6 is 22.6 Å². The lowest BCUT2D eigenvalue weighted by atomic mass is 10.4. The average molecular weight is 236 g/mol. The Morgan fingerprint density at radius 2 is 2.33 bits per heavy atom. The molecular formula is C5H5IN2O. The zero-order valence-corrected chi connectivity index (χ0v) is 6.83. The molecule has 0 N–H and O–H groups in total. The highest BCUT2D eigenvalue weighted by Crippen LogP contribution is 2.38. The van der Waals surface area contributed by atoms with Gasteiger partial charge in [0.05, 0.1) is 0 Å². The van der Waals surface area contributed by atoms with Crippen molar-refractivity contribution >= 4 is 22.6 Å². The molecule has 0 radical (unpaired) electrons. The van der Waals surface area contributed by atoms with Crippen LogP contribution in [0.4, 0.5) is 0 Å². The Balaban J connectivity index is 2.28. The predicted octanol–water partition coefficient (Wildman–Crippen LogP) is 1.55. The number of nitrogens with zero attached hydrogens (tertiary/aromatic N) is 2. The highest BCUT2D eigenvalue weighted by molar-refractivity contribution is 14.1. The molecule has 0 atom stereocenters. The van der Waals surface area contributed by atoms with Gasteiger partial charge in [-0.15, -0.1) is 0 Å². The average Bonchev–Trinajstić information content (AvgIpc) is 2.58. The summed E-state index contributed by atoms with van der Waals surface area (Å²) >= 11 is 2.05. The lowest BCUT2D eigenvalue weighted by Gasteiger charge is -1.77. The molecule has 2 rings (SSSR count). The Morgan fingerprint density at radius 1 is 1.56 bits per heavy atom. The highest BCUT2D eigenvalue weighted by Gasteiger charge is 2.29. The van der Waals surface area contributed by atoms with Gasteiger partial charge in [-0.1, -0.05) is 5.16 Å². The monoisotopic (exact) mass is 236 g/mol. The highest BCUT2D eigenvalue weighted by atomic mass is 127. The van der Waals surface area contributed by atoms with Crippen molar-refractivity contribution in [3.8, 4) is 0 Å². The first-order chi connectivity index (χ1) is 4.36. The van der Waals surface area contributed by atoms with E-state index in [2.05, 4.69) is 10.1 Å². The lowest BCUT2D eigenvalue weighted by molar-refractivity contribution is 0.376. The molecule has 4 heteroatoms. The van der Waals surface area contributed by atoms with Gasteiger partial charge in [-0.05, 0) is 12.8 Å². The smallest absolute Gasteiger partial charge is 0.232 e. The van der Waals surface area contributed by atoms with Crippen molar-refractivity contribution in [2.75, 3.05) is 0 Å². The molecule has 1 aliphatic rings. The van der Waals surface area contributed by atoms with E-state index >= 15 is 0 Å². The van der Waals surface area contributed by atoms with Crippen molar-refractivity contribution in [3.05, 3.63) is 9.72 Å². The van der Waals surface area contributed by atoms with Gasteiger partial charge in [0.2, 0.25) is 9.72 Å². The molecule has 48 valence electrons. The maximum Gasteiger partial charge on any atom is 0.232 e. The number of halogens is 1. The Kier molecular flexibility index (Phi) is 1.21. The summed E-state index contributed by atoms with van der Waals surface area (Å²) in [6.07, 6.45) is 2.44. The Bertz CT molecular complexity index is 218. The van der Waals surface area contributed by atoms with E-state index in [1.807, 2.05) is 22.6 Å². The zero-order chi connectivity index (χ0) is 6.27. The van der Waals surface area contributed by atoms with Crippen molar-refractivity contribution in [3.63, 3.8) is 0 Å². The molecule has 1 heterocycles. The number of rotatable bonds is 1. The standard InChI is InChI=1S/C5H5IN2O/c6-5-7-4(9-8-5)3-1-2-3/h3H,1-2H2. The molecule has 0 aliphatic heterocycles. The zero-order valence-electron chi connectivity index (χ0n) is 4.67. The van der Waals surface area contributed by atoms with E-state index in [4.69, 9.17) is 4.52 Å². The molecule has 1 aromatic rings. The summed E-state index contributed by atoms with van der Waals surface area (Å²) in [5.41, 5.74) is 0. The van der Waals surface area contributed by atoms with Crippen molar-refractivity contribution in [2.24, 2.45) is 0 Å². The number of aromatic nitrogens is 2. The summed E-state index contributed by atoms with van der Waals surface area (Å²) in [6.45, 7) is 0. The second kappa shape index (κ2) is 1.93. The number of hydrogen-bond acceptors (Lipinski definition) is 3. The first kappa shape index (κ1) is 5.64. The van der Waals surface area contributed by atoms with Crippen LogP contribution in [0, 0.1) is 3.83 Å². The van der Waals surface area contributed by atoms with Gasteiger partial charge in [-0.2, -0.15) is 4.98 Å². The third-order valence-electron chi connectivity index (χ3n) is 1.34. The third-order valence-corrected chi connectivity index (χ3v) is 1.78. The summed E-state index contributed by atoms with van der Waals surface area (Å²) in [7, 11) is 0. The molecule has 0 spiro atoms. The van der Waals surface area contributed by atoms with Gasteiger partial charge in [0, 0.05) is 28.5 Å². The van der Waals surface area contributed by atoms with E-state index < -0.39 is 0 Å². The molecule has 1 aliphatic carbocycles. The van der Waals surface area contributed by atoms with E-state index in [0.717, 1.165) is 9.72 Å². The Hall–Kier alpha value is -0.130. The topological polar surface area (TPSA) is 38.9 Å². The van der Waals surface area contributed by atoms with Crippen LogP contribution in [0.2, 0.25) is 0 Å². The molecule has 9 heavy (non-hydrogen) atoms. The fraction of sp³-hybridized carbons (Fsp3) is 0.600. The van der Waals surface area contributed by atoms with Crippen LogP contribution in [0.5, 0.6) is 0 Å². The van der Waals surface area contributed by atoms with E-state index in [0.29, 0.717) is 5.92 Å². The van der Waals surface area contributed by atoms with Crippen molar-refractivity contribution < 1.29 is 4.52 Å². The van der Waals surface area contributed by atoms with Gasteiger partial charge in [-0.3, -0.25) is 0 Å². The Labute approximate surface area is 66.0 Å². The van der Waals surface area contributed by atoms with Gasteiger partial charge in [0.1, 0.15) is 0 Å². The van der Waals surface area contributed by atoms with Crippen LogP contribution in [0.1, 0.15) is 24.7 Å². The van der Waals surface area contributed by atoms with Gasteiger partial charge in [-0.25, -0.2) is 0 Å². The maximum atomic E-state index is 4.92. The van der Waals surface area contributed by atoms with Crippen LogP contribution in [0.25, 0.3) is 0 Å². The minimum absolute atomic E-state index is 0.584. The largest absolute Gasteiger partial charge is 0.338 e. The van der Waals surface area contributed by atoms with Gasteiger partial charge in [0.25, 0.3) is 0 Å². The Morgan fingerprint density at radius 3 is 2.78 bits per heavy atom. The van der Waals surface area contributed by atoms with Crippen molar-refractivity contribution in [1.29, 1.82) is 0 Å². The fourth-order valence-electron chi connectivity index (χ4n) is 0.712. The lowest BCUT2D eigenvalue weighted by Crippen LogP contribution is -1.76. The van der Waals surface area contributed by atoms with Crippen LogP contribution in [0.3, 0.4) is 0 Å². The van der Waals surface area contributed by atoms with Crippen LogP contribution in [-0.2, 0) is 0 Å². The van der Waals surface area contributed by atoms with Crippen LogP contribution in [0.15, 0.2) is 4.52 Å². The number of hydrogen-bond donors (Lipinski definition) is 0. The van der Waals surface area contributed by atoms with E-state index in [-0.39, 0.29) is 0 Å². The molecule has 0 bridgehead atoms. The molecule has 3 nitrogen and oxygen atoms in total. The molecule has 0 unspecified atom stereocenters. The molecule has 0 saturated heterocycles. The minimum atomic E-state index is 0.584. The van der Waals surface area contributed by atoms with Crippen LogP contribution in [-0.4, -0.2) is 10.1 Å². The predicted molar refractivity (Wildman–Crippen MR) is 39.0 cm³/mol. The van der Waals surface area contributed by atoms with Gasteiger partial charge >= 0.3 is 0 Å². The summed E-state index contributed by atoms with van der Waals surface area (Å²) in [6, 6.07) is 0. The normalized spacial score (nSPS) is 18.3. The second-order valence-electron chi connectivity index (χ2n) is 2.18. The maximum absolute atomic E-state index is 4.92. The second-order valence-corrected chi connectivity index (χ2v) is 3.14. The summed E-state index contributed by atoms with van der Waals surface area (Å²) in [4.78, 5) is 4.08. The molecular weight excluding hydrogens is 231 g/mol. The SMILES string of the molecule is Ic1noc(C2CC2)n1. The molecule has 1 saturated carbocycles. The summed E-state index contributed by atoms with van der Waals surface area (Å²) in [5, 5.41) is 3.68. The minimum Gasteiger partial charge on any atom is -0.338 e. The van der Waals surface area contributed by atoms with Gasteiger partial charge in [0.15, 0.2) is 0 Å². The first-order valence-corrected chi connectivity index (χ1v) is 3.93. The van der Waals surface area contributed by atoms with E-state index in [9.17, 15) is 0 Å². The third kappa shape index (κ3) is 1.08.